The van der Waals surface area contributed by atoms with E-state index in [4.69, 9.17) is 0 Å². The molecule has 0 bridgehead atoms. The van der Waals surface area contributed by atoms with E-state index in [1.54, 1.807) is 31.2 Å². The fourth-order valence-electron chi connectivity index (χ4n) is 1.63. The van der Waals surface area contributed by atoms with E-state index >= 15 is 0 Å². The van der Waals surface area contributed by atoms with Crippen LogP contribution in [0.1, 0.15) is 11.1 Å². The Morgan fingerprint density at radius 3 is 2.58 bits per heavy atom. The maximum Gasteiger partial charge on any atom is 0.319 e. The summed E-state index contributed by atoms with van der Waals surface area (Å²) >= 11 is 0. The number of rotatable bonds is 3. The summed E-state index contributed by atoms with van der Waals surface area (Å²) in [5, 5.41) is 5.37. The lowest BCUT2D eigenvalue weighted by Crippen LogP contribution is -2.28. The predicted molar refractivity (Wildman–Crippen MR) is 73.4 cm³/mol. The van der Waals surface area contributed by atoms with Crippen LogP contribution in [0.5, 0.6) is 0 Å². The number of nitrogens with one attached hydrogen (secondary N) is 2. The molecule has 0 spiro atoms. The molecule has 4 heteroatoms. The van der Waals surface area contributed by atoms with Crippen molar-refractivity contribution in [2.45, 2.75) is 13.5 Å². The summed E-state index contributed by atoms with van der Waals surface area (Å²) in [6, 6.07) is 13.7. The zero-order valence-electron chi connectivity index (χ0n) is 10.6. The van der Waals surface area contributed by atoms with E-state index in [1.807, 2.05) is 18.2 Å². The van der Waals surface area contributed by atoms with Gasteiger partial charge in [0.15, 0.2) is 0 Å². The quantitative estimate of drug-likeness (QED) is 0.869. The van der Waals surface area contributed by atoms with Gasteiger partial charge >= 0.3 is 6.03 Å². The minimum absolute atomic E-state index is 0.261. The number of urea groups is 1. The first-order valence-electron chi connectivity index (χ1n) is 6.00. The van der Waals surface area contributed by atoms with Crippen LogP contribution in [0, 0.1) is 12.7 Å². The molecule has 0 saturated carbocycles. The average Bonchev–Trinajstić information content (AvgIpc) is 2.41. The first kappa shape index (κ1) is 13.1. The Morgan fingerprint density at radius 1 is 1.16 bits per heavy atom. The first-order valence-corrected chi connectivity index (χ1v) is 6.00. The van der Waals surface area contributed by atoms with Gasteiger partial charge in [-0.3, -0.25) is 0 Å². The summed E-state index contributed by atoms with van der Waals surface area (Å²) in [6.07, 6.45) is 0. The van der Waals surface area contributed by atoms with Crippen LogP contribution in [0.2, 0.25) is 0 Å². The maximum atomic E-state index is 13.3. The smallest absolute Gasteiger partial charge is 0.319 e. The molecule has 3 nitrogen and oxygen atoms in total. The highest BCUT2D eigenvalue weighted by Gasteiger charge is 2.03. The Kier molecular flexibility index (Phi) is 4.13. The highest BCUT2D eigenvalue weighted by Crippen LogP contribution is 2.09. The van der Waals surface area contributed by atoms with E-state index < -0.39 is 0 Å². The van der Waals surface area contributed by atoms with Crippen molar-refractivity contribution >= 4 is 11.7 Å². The Balaban J connectivity index is 1.88. The number of hydrogen-bond acceptors (Lipinski definition) is 1. The van der Waals surface area contributed by atoms with Crippen LogP contribution in [-0.4, -0.2) is 6.03 Å². The van der Waals surface area contributed by atoms with E-state index in [-0.39, 0.29) is 18.4 Å². The standard InChI is InChI=1S/C15H15FN2O/c1-11-7-8-12(9-14(11)16)10-17-15(19)18-13-5-3-2-4-6-13/h2-9H,10H2,1H3,(H2,17,18,19). The third-order valence-corrected chi connectivity index (χ3v) is 2.72. The summed E-state index contributed by atoms with van der Waals surface area (Å²) in [6.45, 7) is 1.99. The van der Waals surface area contributed by atoms with E-state index in [9.17, 15) is 9.18 Å². The molecule has 0 fully saturated rings. The van der Waals surface area contributed by atoms with E-state index in [2.05, 4.69) is 10.6 Å². The molecule has 0 aliphatic rings. The lowest BCUT2D eigenvalue weighted by molar-refractivity contribution is 0.251. The zero-order valence-corrected chi connectivity index (χ0v) is 10.6. The van der Waals surface area contributed by atoms with Crippen molar-refractivity contribution in [2.75, 3.05) is 5.32 Å². The minimum atomic E-state index is -0.313. The molecule has 19 heavy (non-hydrogen) atoms. The number of halogens is 1. The molecule has 2 N–H and O–H groups in total. The molecule has 98 valence electrons. The molecular formula is C15H15FN2O. The normalized spacial score (nSPS) is 10.0. The Bertz CT molecular complexity index is 570. The van der Waals surface area contributed by atoms with Crippen molar-refractivity contribution < 1.29 is 9.18 Å². The van der Waals surface area contributed by atoms with Gasteiger partial charge in [0.2, 0.25) is 0 Å². The fourth-order valence-corrected chi connectivity index (χ4v) is 1.63. The van der Waals surface area contributed by atoms with Crippen LogP contribution in [0.15, 0.2) is 48.5 Å². The molecule has 2 aromatic rings. The maximum absolute atomic E-state index is 13.3. The topological polar surface area (TPSA) is 41.1 Å². The second kappa shape index (κ2) is 6.00. The van der Waals surface area contributed by atoms with Gasteiger partial charge in [-0.05, 0) is 36.2 Å². The van der Waals surface area contributed by atoms with E-state index in [1.165, 1.54) is 6.07 Å². The third-order valence-electron chi connectivity index (χ3n) is 2.72. The molecule has 0 unspecified atom stereocenters. The molecule has 0 atom stereocenters. The molecular weight excluding hydrogens is 243 g/mol. The second-order valence-electron chi connectivity index (χ2n) is 4.26. The van der Waals surface area contributed by atoms with Gasteiger partial charge in [0.25, 0.3) is 0 Å². The number of carbonyl (C=O) groups is 1. The van der Waals surface area contributed by atoms with Crippen molar-refractivity contribution in [3.8, 4) is 0 Å². The highest BCUT2D eigenvalue weighted by molar-refractivity contribution is 5.89. The first-order chi connectivity index (χ1) is 9.15. The van der Waals surface area contributed by atoms with Gasteiger partial charge in [0, 0.05) is 12.2 Å². The van der Waals surface area contributed by atoms with Crippen molar-refractivity contribution in [3.05, 3.63) is 65.5 Å². The zero-order chi connectivity index (χ0) is 13.7. The molecule has 0 saturated heterocycles. The number of carbonyl (C=O) groups excluding carboxylic acids is 1. The number of anilines is 1. The molecule has 0 aliphatic carbocycles. The van der Waals surface area contributed by atoms with Crippen LogP contribution in [0.25, 0.3) is 0 Å². The fraction of sp³-hybridized carbons (Fsp3) is 0.133. The van der Waals surface area contributed by atoms with Crippen molar-refractivity contribution in [1.82, 2.24) is 5.32 Å². The molecule has 2 rings (SSSR count). The number of aryl methyl sites for hydroxylation is 1. The SMILES string of the molecule is Cc1ccc(CNC(=O)Nc2ccccc2)cc1F. The second-order valence-corrected chi connectivity index (χ2v) is 4.26. The predicted octanol–water partition coefficient (Wildman–Crippen LogP) is 3.46. The van der Waals surface area contributed by atoms with Crippen LogP contribution in [0.4, 0.5) is 14.9 Å². The summed E-state index contributed by atoms with van der Waals surface area (Å²) in [4.78, 5) is 11.6. The van der Waals surface area contributed by atoms with Gasteiger partial charge in [-0.25, -0.2) is 9.18 Å². The Hall–Kier alpha value is -2.36. The molecule has 0 aliphatic heterocycles. The number of benzene rings is 2. The van der Waals surface area contributed by atoms with Crippen molar-refractivity contribution in [2.24, 2.45) is 0 Å². The van der Waals surface area contributed by atoms with E-state index in [0.29, 0.717) is 5.56 Å². The van der Waals surface area contributed by atoms with Gasteiger partial charge in [0.05, 0.1) is 0 Å². The number of para-hydroxylation sites is 1. The van der Waals surface area contributed by atoms with Crippen LogP contribution < -0.4 is 10.6 Å². The summed E-state index contributed by atoms with van der Waals surface area (Å²) < 4.78 is 13.3. The Morgan fingerprint density at radius 2 is 1.89 bits per heavy atom. The van der Waals surface area contributed by atoms with Crippen LogP contribution in [-0.2, 0) is 6.54 Å². The lowest BCUT2D eigenvalue weighted by atomic mass is 10.1. The number of hydrogen-bond donors (Lipinski definition) is 2. The molecule has 0 heterocycles. The van der Waals surface area contributed by atoms with Crippen LogP contribution >= 0.6 is 0 Å². The molecule has 0 radical (unpaired) electrons. The van der Waals surface area contributed by atoms with Gasteiger partial charge in [-0.15, -0.1) is 0 Å². The Labute approximate surface area is 111 Å². The number of amides is 2. The van der Waals surface area contributed by atoms with Gasteiger partial charge in [-0.2, -0.15) is 0 Å². The van der Waals surface area contributed by atoms with Gasteiger partial charge in [-0.1, -0.05) is 30.3 Å². The lowest BCUT2D eigenvalue weighted by Gasteiger charge is -2.08. The summed E-state index contributed by atoms with van der Waals surface area (Å²) in [7, 11) is 0. The van der Waals surface area contributed by atoms with E-state index in [0.717, 1.165) is 11.3 Å². The molecule has 2 amide bonds. The van der Waals surface area contributed by atoms with Crippen molar-refractivity contribution in [3.63, 3.8) is 0 Å². The highest BCUT2D eigenvalue weighted by atomic mass is 19.1. The average molecular weight is 258 g/mol. The van der Waals surface area contributed by atoms with Gasteiger partial charge < -0.3 is 10.6 Å². The monoisotopic (exact) mass is 258 g/mol. The molecule has 0 aromatic heterocycles. The van der Waals surface area contributed by atoms with Crippen LogP contribution in [0.3, 0.4) is 0 Å². The minimum Gasteiger partial charge on any atom is -0.334 e. The summed E-state index contributed by atoms with van der Waals surface area (Å²) in [5.74, 6) is -0.261. The van der Waals surface area contributed by atoms with Crippen molar-refractivity contribution in [1.29, 1.82) is 0 Å². The largest absolute Gasteiger partial charge is 0.334 e. The molecule has 2 aromatic carbocycles. The summed E-state index contributed by atoms with van der Waals surface area (Å²) in [5.41, 5.74) is 2.04. The van der Waals surface area contributed by atoms with Gasteiger partial charge in [0.1, 0.15) is 5.82 Å². The third kappa shape index (κ3) is 3.81.